The molecule has 0 amide bonds. The lowest BCUT2D eigenvalue weighted by atomic mass is 9.43. The van der Waals surface area contributed by atoms with Crippen molar-refractivity contribution < 1.29 is 58.2 Å². The van der Waals surface area contributed by atoms with E-state index in [1.165, 1.54) is 32.3 Å². The van der Waals surface area contributed by atoms with Crippen molar-refractivity contribution in [3.63, 3.8) is 0 Å². The number of unbranched alkanes of at least 4 members (excludes halogenated alkanes) is 4. The number of ketones is 3. The van der Waals surface area contributed by atoms with Crippen LogP contribution in [0.4, 0.5) is 0 Å². The molecule has 5 heterocycles. The van der Waals surface area contributed by atoms with Gasteiger partial charge in [-0.15, -0.1) is 0 Å². The first-order valence-electron chi connectivity index (χ1n) is 18.1. The van der Waals surface area contributed by atoms with Gasteiger partial charge in [0.15, 0.2) is 34.7 Å². The summed E-state index contributed by atoms with van der Waals surface area (Å²) in [7, 11) is 0. The van der Waals surface area contributed by atoms with Gasteiger partial charge in [0.2, 0.25) is 0 Å². The quantitative estimate of drug-likeness (QED) is 0.135. The summed E-state index contributed by atoms with van der Waals surface area (Å²) in [5.74, 6) is -4.93. The van der Waals surface area contributed by atoms with Crippen LogP contribution in [-0.4, -0.2) is 92.4 Å². The predicted octanol–water partition coefficient (Wildman–Crippen LogP) is 3.94. The molecule has 1 spiro atoms. The maximum absolute atomic E-state index is 15.4. The largest absolute Gasteiger partial charge is 0.497 e. The molecule has 0 aromatic heterocycles. The van der Waals surface area contributed by atoms with Crippen LogP contribution in [-0.2, 0) is 42.9 Å². The van der Waals surface area contributed by atoms with Crippen molar-refractivity contribution in [1.82, 2.24) is 0 Å². The summed E-state index contributed by atoms with van der Waals surface area (Å²) in [6.07, 6.45) is 4.73. The number of ether oxygens (including phenoxy) is 4. The Bertz CT molecular complexity index is 1670. The molecule has 7 unspecified atom stereocenters. The SMILES string of the molecule is CCCCCC1O[C@H]2C3=C(C(=O)[C@@]4(C/C=C(\C)C(=O)O)OC4[C@H]3O)C1C1C(CCCCC)OC=C3C(=O)C4O[C@]4(C/C=C(\C)C(=O)O)C(=O)C312. The average molecular weight is 695 g/mol. The Kier molecular flexibility index (Phi) is 8.64. The molecule has 0 radical (unpaired) electrons. The molecule has 3 N–H and O–H groups in total. The molecule has 270 valence electrons. The minimum absolute atomic E-state index is 0.0128. The second-order valence-electron chi connectivity index (χ2n) is 15.1. The van der Waals surface area contributed by atoms with Gasteiger partial charge >= 0.3 is 11.9 Å². The van der Waals surface area contributed by atoms with E-state index in [2.05, 4.69) is 13.8 Å². The Morgan fingerprint density at radius 1 is 0.840 bits per heavy atom. The molecule has 8 aliphatic rings. The average Bonchev–Trinajstić information content (AvgIpc) is 4.02. The number of aliphatic hydroxyl groups is 1. The Hall–Kier alpha value is -3.45. The lowest BCUT2D eigenvalue weighted by Gasteiger charge is -2.64. The van der Waals surface area contributed by atoms with Crippen molar-refractivity contribution in [1.29, 1.82) is 0 Å². The van der Waals surface area contributed by atoms with E-state index >= 15 is 4.79 Å². The van der Waals surface area contributed by atoms with Gasteiger partial charge in [-0.3, -0.25) is 14.4 Å². The number of aliphatic hydroxyl groups excluding tert-OH is 1. The topological polar surface area (TPSA) is 190 Å². The fraction of sp³-hybridized carbons (Fsp3) is 0.658. The van der Waals surface area contributed by atoms with E-state index in [0.29, 0.717) is 18.4 Å². The molecule has 4 fully saturated rings. The molecule has 0 aromatic rings. The van der Waals surface area contributed by atoms with Crippen LogP contribution in [0.5, 0.6) is 0 Å². The zero-order valence-electron chi connectivity index (χ0n) is 28.9. The zero-order chi connectivity index (χ0) is 35.9. The number of carbonyl (C=O) groups excluding carboxylic acids is 3. The Balaban J connectivity index is 1.40. The first-order chi connectivity index (χ1) is 23.8. The van der Waals surface area contributed by atoms with Crippen LogP contribution in [0.3, 0.4) is 0 Å². The summed E-state index contributed by atoms with van der Waals surface area (Å²) in [6, 6.07) is 0. The van der Waals surface area contributed by atoms with Gasteiger partial charge in [-0.1, -0.05) is 58.1 Å². The van der Waals surface area contributed by atoms with Crippen LogP contribution in [0, 0.1) is 17.3 Å². The van der Waals surface area contributed by atoms with Crippen LogP contribution in [0.15, 0.2) is 46.3 Å². The van der Waals surface area contributed by atoms with Gasteiger partial charge in [0.05, 0.1) is 18.5 Å². The maximum atomic E-state index is 15.4. The molecular weight excluding hydrogens is 648 g/mol. The number of Topliss-reactive ketones (excluding diaryl/α,β-unsaturated/α-hetero) is 3. The van der Waals surface area contributed by atoms with E-state index in [9.17, 15) is 34.5 Å². The number of carboxylic acids is 2. The zero-order valence-corrected chi connectivity index (χ0v) is 28.9. The van der Waals surface area contributed by atoms with Crippen LogP contribution in [0.2, 0.25) is 0 Å². The van der Waals surface area contributed by atoms with Crippen LogP contribution in [0.1, 0.15) is 91.9 Å². The fourth-order valence-corrected chi connectivity index (χ4v) is 9.67. The maximum Gasteiger partial charge on any atom is 0.330 e. The van der Waals surface area contributed by atoms with Crippen molar-refractivity contribution in [2.45, 2.75) is 140 Å². The third-order valence-electron chi connectivity index (χ3n) is 12.4. The van der Waals surface area contributed by atoms with Gasteiger partial charge in [-0.25, -0.2) is 9.59 Å². The lowest BCUT2D eigenvalue weighted by molar-refractivity contribution is -0.216. The highest BCUT2D eigenvalue weighted by Crippen LogP contribution is 2.71. The highest BCUT2D eigenvalue weighted by Gasteiger charge is 2.84. The van der Waals surface area contributed by atoms with Gasteiger partial charge in [0, 0.05) is 47.0 Å². The molecule has 3 aliphatic carbocycles. The molecule has 1 saturated carbocycles. The number of hydrogen-bond donors (Lipinski definition) is 3. The van der Waals surface area contributed by atoms with Gasteiger partial charge in [0.25, 0.3) is 0 Å². The first kappa shape index (κ1) is 35.0. The molecule has 11 atom stereocenters. The van der Waals surface area contributed by atoms with E-state index in [-0.39, 0.29) is 40.9 Å². The molecular formula is C38H46O12. The molecule has 3 saturated heterocycles. The van der Waals surface area contributed by atoms with E-state index < -0.39 is 88.6 Å². The molecule has 12 heteroatoms. The van der Waals surface area contributed by atoms with Gasteiger partial charge < -0.3 is 34.3 Å². The summed E-state index contributed by atoms with van der Waals surface area (Å²) in [5.41, 5.74) is -3.95. The van der Waals surface area contributed by atoms with Crippen LogP contribution < -0.4 is 0 Å². The predicted molar refractivity (Wildman–Crippen MR) is 175 cm³/mol. The van der Waals surface area contributed by atoms with Crippen LogP contribution in [0.25, 0.3) is 0 Å². The van der Waals surface area contributed by atoms with Crippen molar-refractivity contribution in [3.05, 3.63) is 46.3 Å². The summed E-state index contributed by atoms with van der Waals surface area (Å²) in [5, 5.41) is 31.1. The molecule has 50 heavy (non-hydrogen) atoms. The minimum atomic E-state index is -1.65. The normalized spacial score (nSPS) is 41.0. The minimum Gasteiger partial charge on any atom is -0.497 e. The number of hydrogen-bond acceptors (Lipinski definition) is 10. The molecule has 5 aliphatic heterocycles. The molecule has 12 nitrogen and oxygen atoms in total. The third-order valence-corrected chi connectivity index (χ3v) is 12.4. The number of carboxylic acid groups (broad SMARTS) is 2. The summed E-state index contributed by atoms with van der Waals surface area (Å²) in [4.78, 5) is 67.8. The van der Waals surface area contributed by atoms with Gasteiger partial charge in [-0.05, 0) is 38.7 Å². The smallest absolute Gasteiger partial charge is 0.330 e. The first-order valence-corrected chi connectivity index (χ1v) is 18.1. The fourth-order valence-electron chi connectivity index (χ4n) is 9.67. The summed E-state index contributed by atoms with van der Waals surface area (Å²) >= 11 is 0. The van der Waals surface area contributed by atoms with E-state index in [1.54, 1.807) is 0 Å². The van der Waals surface area contributed by atoms with E-state index in [4.69, 9.17) is 18.9 Å². The monoisotopic (exact) mass is 694 g/mol. The molecule has 2 bridgehead atoms. The van der Waals surface area contributed by atoms with Gasteiger partial charge in [0.1, 0.15) is 23.7 Å². The highest BCUT2D eigenvalue weighted by molar-refractivity contribution is 6.20. The summed E-state index contributed by atoms with van der Waals surface area (Å²) in [6.45, 7) is 7.01. The number of aliphatic carboxylic acids is 2. The molecule has 0 aromatic carbocycles. The number of epoxide rings is 2. The van der Waals surface area contributed by atoms with Crippen molar-refractivity contribution in [3.8, 4) is 0 Å². The highest BCUT2D eigenvalue weighted by atomic mass is 16.6. The molecule has 8 rings (SSSR count). The lowest BCUT2D eigenvalue weighted by Crippen LogP contribution is -2.74. The van der Waals surface area contributed by atoms with Crippen LogP contribution >= 0.6 is 0 Å². The van der Waals surface area contributed by atoms with Gasteiger partial charge in [-0.2, -0.15) is 0 Å². The van der Waals surface area contributed by atoms with Crippen molar-refractivity contribution in [2.75, 3.05) is 0 Å². The Morgan fingerprint density at radius 2 is 1.44 bits per heavy atom. The standard InChI is InChI=1S/C38H46O12/c1-5-7-9-11-21-23-24-25(28(40)32-36(49-32,29(24)41)15-13-18(3)33(42)43)30(48-21)38-20(17-47-22(26(23)38)12-10-8-6-2)27(39)31-37(50-31,35(38)46)16-14-19(4)34(44)45/h13-14,17,21-23,26,28,30-32,40H,5-12,15-16H2,1-4H3,(H,42,43)(H,44,45)/b18-13+,19-14+/t21?,22?,23?,26?,28-,30-,31?,32?,36+,37-,38?/m0/s1. The number of carbonyl (C=O) groups is 5. The Morgan fingerprint density at radius 3 is 2.04 bits per heavy atom. The second kappa shape index (κ2) is 12.4. The summed E-state index contributed by atoms with van der Waals surface area (Å²) < 4.78 is 25.3. The third kappa shape index (κ3) is 4.74. The van der Waals surface area contributed by atoms with E-state index in [0.717, 1.165) is 38.5 Å². The van der Waals surface area contributed by atoms with Crippen molar-refractivity contribution >= 4 is 29.3 Å². The second-order valence-corrected chi connectivity index (χ2v) is 15.1. The number of fused-ring (bicyclic) bond motifs is 3. The van der Waals surface area contributed by atoms with Crippen molar-refractivity contribution in [2.24, 2.45) is 17.3 Å². The number of rotatable bonds is 14. The Labute approximate surface area is 290 Å². The van der Waals surface area contributed by atoms with E-state index in [1.807, 2.05) is 0 Å².